The minimum Gasteiger partial charge on any atom is -0.361 e. The average Bonchev–Trinajstić information content (AvgIpc) is 3.56. The molecular formula is C23H27N7OS. The highest BCUT2D eigenvalue weighted by Gasteiger charge is 2.23. The number of amides is 1. The Balaban J connectivity index is 1.27. The maximum Gasteiger partial charge on any atom is 0.263 e. The molecule has 0 spiro atoms. The van der Waals surface area contributed by atoms with Gasteiger partial charge >= 0.3 is 0 Å². The molecular weight excluding hydrogens is 422 g/mol. The van der Waals surface area contributed by atoms with Crippen molar-refractivity contribution in [1.29, 1.82) is 0 Å². The van der Waals surface area contributed by atoms with Crippen LogP contribution in [-0.2, 0) is 19.5 Å². The van der Waals surface area contributed by atoms with Crippen molar-refractivity contribution in [2.24, 2.45) is 0 Å². The number of rotatable bonds is 8. The van der Waals surface area contributed by atoms with Gasteiger partial charge in [-0.15, -0.1) is 10.2 Å². The maximum atomic E-state index is 13.1. The highest BCUT2D eigenvalue weighted by Crippen LogP contribution is 2.26. The van der Waals surface area contributed by atoms with Crippen molar-refractivity contribution >= 4 is 33.3 Å². The van der Waals surface area contributed by atoms with Gasteiger partial charge in [-0.2, -0.15) is 0 Å². The van der Waals surface area contributed by atoms with Gasteiger partial charge in [0.2, 0.25) is 0 Å². The van der Waals surface area contributed by atoms with Crippen molar-refractivity contribution in [3.63, 3.8) is 0 Å². The van der Waals surface area contributed by atoms with Crippen molar-refractivity contribution in [1.82, 2.24) is 30.0 Å². The fraction of sp³-hybridized carbons (Fsp3) is 0.391. The van der Waals surface area contributed by atoms with Gasteiger partial charge in [-0.3, -0.25) is 4.79 Å². The summed E-state index contributed by atoms with van der Waals surface area (Å²) in [5.74, 6) is 0.880. The van der Waals surface area contributed by atoms with Gasteiger partial charge in [0.1, 0.15) is 11.2 Å². The molecule has 9 heteroatoms. The Morgan fingerprint density at radius 3 is 3.12 bits per heavy atom. The van der Waals surface area contributed by atoms with Gasteiger partial charge in [0, 0.05) is 36.2 Å². The number of carbonyl (C=O) groups excluding carboxylic acids is 1. The SMILES string of the molecule is CCCCC(Cc1c[nH]c2ccccc12)NC(=O)c1cnc(N2CCn3cnnc3C2)s1. The third kappa shape index (κ3) is 4.25. The van der Waals surface area contributed by atoms with E-state index in [1.54, 1.807) is 12.5 Å². The van der Waals surface area contributed by atoms with Gasteiger partial charge in [0.05, 0.1) is 12.7 Å². The smallest absolute Gasteiger partial charge is 0.263 e. The second-order valence-corrected chi connectivity index (χ2v) is 9.25. The molecule has 4 aromatic rings. The second kappa shape index (κ2) is 9.12. The summed E-state index contributed by atoms with van der Waals surface area (Å²) in [6, 6.07) is 8.39. The minimum absolute atomic E-state index is 0.0464. The van der Waals surface area contributed by atoms with Gasteiger partial charge in [0.15, 0.2) is 11.0 Å². The lowest BCUT2D eigenvalue weighted by atomic mass is 10.0. The summed E-state index contributed by atoms with van der Waals surface area (Å²) in [4.78, 5) is 23.7. The molecule has 8 nitrogen and oxygen atoms in total. The molecule has 0 bridgehead atoms. The molecule has 1 aliphatic rings. The number of hydrogen-bond donors (Lipinski definition) is 2. The van der Waals surface area contributed by atoms with Crippen LogP contribution in [0.1, 0.15) is 47.2 Å². The molecule has 1 unspecified atom stereocenters. The van der Waals surface area contributed by atoms with Crippen LogP contribution in [0.3, 0.4) is 0 Å². The van der Waals surface area contributed by atoms with Crippen LogP contribution < -0.4 is 10.2 Å². The van der Waals surface area contributed by atoms with E-state index < -0.39 is 0 Å². The first-order chi connectivity index (χ1) is 15.7. The molecule has 0 fully saturated rings. The van der Waals surface area contributed by atoms with E-state index in [2.05, 4.69) is 66.3 Å². The standard InChI is InChI=1S/C23H27N7OS/c1-2-3-6-17(11-16-12-24-19-8-5-4-7-18(16)19)27-22(31)20-13-25-23(32-20)29-9-10-30-15-26-28-21(30)14-29/h4-5,7-8,12-13,15,17,24H,2-3,6,9-11,14H2,1H3,(H,27,31). The maximum absolute atomic E-state index is 13.1. The lowest BCUT2D eigenvalue weighted by Crippen LogP contribution is -2.36. The summed E-state index contributed by atoms with van der Waals surface area (Å²) >= 11 is 1.44. The van der Waals surface area contributed by atoms with Crippen molar-refractivity contribution in [3.05, 3.63) is 59.3 Å². The van der Waals surface area contributed by atoms with E-state index in [-0.39, 0.29) is 11.9 Å². The Labute approximate surface area is 190 Å². The number of thiazole rings is 1. The zero-order valence-corrected chi connectivity index (χ0v) is 18.9. The Morgan fingerprint density at radius 1 is 1.31 bits per heavy atom. The number of fused-ring (bicyclic) bond motifs is 2. The molecule has 0 saturated carbocycles. The quantitative estimate of drug-likeness (QED) is 0.427. The van der Waals surface area contributed by atoms with Gasteiger partial charge in [0.25, 0.3) is 5.91 Å². The number of hydrogen-bond acceptors (Lipinski definition) is 6. The third-order valence-corrected chi connectivity index (χ3v) is 7.07. The minimum atomic E-state index is -0.0464. The lowest BCUT2D eigenvalue weighted by Gasteiger charge is -2.26. The van der Waals surface area contributed by atoms with Crippen LogP contribution in [0.15, 0.2) is 43.0 Å². The van der Waals surface area contributed by atoms with Crippen molar-refractivity contribution in [3.8, 4) is 0 Å². The largest absolute Gasteiger partial charge is 0.361 e. The normalized spacial score (nSPS) is 14.5. The van der Waals surface area contributed by atoms with E-state index in [0.29, 0.717) is 11.4 Å². The molecule has 1 amide bonds. The fourth-order valence-electron chi connectivity index (χ4n) is 4.24. The van der Waals surface area contributed by atoms with Crippen LogP contribution in [0.4, 0.5) is 5.13 Å². The summed E-state index contributed by atoms with van der Waals surface area (Å²) in [5.41, 5.74) is 2.37. The van der Waals surface area contributed by atoms with Crippen molar-refractivity contribution in [2.75, 3.05) is 11.4 Å². The molecule has 0 saturated heterocycles. The van der Waals surface area contributed by atoms with E-state index in [1.165, 1.54) is 22.3 Å². The Kier molecular flexibility index (Phi) is 5.89. The molecule has 1 aromatic carbocycles. The van der Waals surface area contributed by atoms with Gasteiger partial charge in [-0.1, -0.05) is 49.3 Å². The highest BCUT2D eigenvalue weighted by molar-refractivity contribution is 7.17. The third-order valence-electron chi connectivity index (χ3n) is 6.01. The van der Waals surface area contributed by atoms with E-state index in [0.717, 1.165) is 55.2 Å². The molecule has 3 aromatic heterocycles. The number of nitrogens with one attached hydrogen (secondary N) is 2. The van der Waals surface area contributed by atoms with E-state index >= 15 is 0 Å². The number of aromatic amines is 1. The first-order valence-electron chi connectivity index (χ1n) is 11.1. The van der Waals surface area contributed by atoms with Crippen LogP contribution in [-0.4, -0.2) is 43.2 Å². The Bertz CT molecular complexity index is 1210. The molecule has 0 radical (unpaired) electrons. The number of anilines is 1. The predicted octanol–water partition coefficient (Wildman–Crippen LogP) is 3.77. The van der Waals surface area contributed by atoms with Gasteiger partial charge < -0.3 is 19.8 Å². The molecule has 2 N–H and O–H groups in total. The highest BCUT2D eigenvalue weighted by atomic mass is 32.1. The number of carbonyl (C=O) groups is 1. The first-order valence-corrected chi connectivity index (χ1v) is 12.0. The number of nitrogens with zero attached hydrogens (tertiary/aromatic N) is 5. The lowest BCUT2D eigenvalue weighted by molar-refractivity contribution is 0.0938. The summed E-state index contributed by atoms with van der Waals surface area (Å²) in [7, 11) is 0. The molecule has 1 aliphatic heterocycles. The van der Waals surface area contributed by atoms with Crippen molar-refractivity contribution in [2.45, 2.75) is 51.7 Å². The van der Waals surface area contributed by atoms with Crippen LogP contribution in [0.25, 0.3) is 10.9 Å². The van der Waals surface area contributed by atoms with Crippen LogP contribution in [0, 0.1) is 0 Å². The summed E-state index contributed by atoms with van der Waals surface area (Å²) in [5, 5.41) is 13.5. The van der Waals surface area contributed by atoms with Crippen LogP contribution >= 0.6 is 11.3 Å². The predicted molar refractivity (Wildman–Crippen MR) is 126 cm³/mol. The van der Waals surface area contributed by atoms with E-state index in [4.69, 9.17) is 0 Å². The second-order valence-electron chi connectivity index (χ2n) is 8.25. The zero-order valence-electron chi connectivity index (χ0n) is 18.1. The summed E-state index contributed by atoms with van der Waals surface area (Å²) < 4.78 is 2.06. The first kappa shape index (κ1) is 20.7. The monoisotopic (exact) mass is 449 g/mol. The number of para-hydroxylation sites is 1. The van der Waals surface area contributed by atoms with Crippen LogP contribution in [0.5, 0.6) is 0 Å². The van der Waals surface area contributed by atoms with E-state index in [1.807, 2.05) is 6.07 Å². The fourth-order valence-corrected chi connectivity index (χ4v) is 5.09. The van der Waals surface area contributed by atoms with Crippen molar-refractivity contribution < 1.29 is 4.79 Å². The molecule has 1 atom stereocenters. The van der Waals surface area contributed by atoms with Gasteiger partial charge in [-0.05, 0) is 24.5 Å². The molecule has 166 valence electrons. The number of unbranched alkanes of at least 4 members (excludes halogenated alkanes) is 1. The Morgan fingerprint density at radius 2 is 2.22 bits per heavy atom. The van der Waals surface area contributed by atoms with Crippen LogP contribution in [0.2, 0.25) is 0 Å². The zero-order chi connectivity index (χ0) is 21.9. The summed E-state index contributed by atoms with van der Waals surface area (Å²) in [6.45, 7) is 4.50. The molecule has 32 heavy (non-hydrogen) atoms. The molecule has 5 rings (SSSR count). The number of aromatic nitrogens is 5. The van der Waals surface area contributed by atoms with Gasteiger partial charge in [-0.25, -0.2) is 4.98 Å². The summed E-state index contributed by atoms with van der Waals surface area (Å²) in [6.07, 6.45) is 9.46. The number of H-pyrrole nitrogens is 1. The Hall–Kier alpha value is -3.20. The molecule has 0 aliphatic carbocycles. The van der Waals surface area contributed by atoms with E-state index in [9.17, 15) is 4.79 Å². The molecule has 4 heterocycles. The topological polar surface area (TPSA) is 91.7 Å². The average molecular weight is 450 g/mol. The number of benzene rings is 1.